The van der Waals surface area contributed by atoms with E-state index in [2.05, 4.69) is 5.32 Å². The summed E-state index contributed by atoms with van der Waals surface area (Å²) in [5.41, 5.74) is 2.20. The van der Waals surface area contributed by atoms with Crippen LogP contribution in [0.5, 0.6) is 11.5 Å². The molecule has 0 atom stereocenters. The van der Waals surface area contributed by atoms with Gasteiger partial charge in [0.15, 0.2) is 6.61 Å². The maximum atomic E-state index is 11.7. The van der Waals surface area contributed by atoms with E-state index in [-0.39, 0.29) is 12.5 Å². The predicted molar refractivity (Wildman–Crippen MR) is 86.4 cm³/mol. The van der Waals surface area contributed by atoms with Crippen LogP contribution >= 0.6 is 0 Å². The monoisotopic (exact) mass is 299 g/mol. The lowest BCUT2D eigenvalue weighted by Crippen LogP contribution is -2.32. The van der Waals surface area contributed by atoms with Crippen LogP contribution in [-0.4, -0.2) is 25.7 Å². The summed E-state index contributed by atoms with van der Waals surface area (Å²) >= 11 is 0. The van der Waals surface area contributed by atoms with E-state index >= 15 is 0 Å². The molecule has 22 heavy (non-hydrogen) atoms. The molecule has 1 amide bonds. The van der Waals surface area contributed by atoms with E-state index in [0.717, 1.165) is 17.1 Å². The number of amides is 1. The molecule has 0 saturated carbocycles. The Morgan fingerprint density at radius 1 is 1.05 bits per heavy atom. The van der Waals surface area contributed by atoms with Crippen LogP contribution in [0.1, 0.15) is 11.1 Å². The molecule has 0 aromatic heterocycles. The van der Waals surface area contributed by atoms with Gasteiger partial charge in [-0.3, -0.25) is 4.79 Å². The van der Waals surface area contributed by atoms with Gasteiger partial charge < -0.3 is 14.8 Å². The first-order valence-corrected chi connectivity index (χ1v) is 7.30. The lowest BCUT2D eigenvalue weighted by molar-refractivity contribution is -0.123. The van der Waals surface area contributed by atoms with Gasteiger partial charge in [0.1, 0.15) is 18.1 Å². The summed E-state index contributed by atoms with van der Waals surface area (Å²) in [7, 11) is 0. The average molecular weight is 299 g/mol. The highest BCUT2D eigenvalue weighted by Gasteiger charge is 2.04. The molecule has 0 saturated heterocycles. The van der Waals surface area contributed by atoms with E-state index < -0.39 is 0 Å². The zero-order valence-corrected chi connectivity index (χ0v) is 13.0. The first-order valence-electron chi connectivity index (χ1n) is 7.30. The molecule has 1 N–H and O–H groups in total. The Labute approximate surface area is 131 Å². The summed E-state index contributed by atoms with van der Waals surface area (Å²) in [6.45, 7) is 4.88. The van der Waals surface area contributed by atoms with E-state index in [9.17, 15) is 4.79 Å². The fraction of sp³-hybridized carbons (Fsp3) is 0.278. The Hall–Kier alpha value is -2.49. The number of ether oxygens (including phenoxy) is 2. The molecule has 0 aliphatic rings. The van der Waals surface area contributed by atoms with Crippen molar-refractivity contribution in [3.63, 3.8) is 0 Å². The van der Waals surface area contributed by atoms with Crippen LogP contribution in [0.3, 0.4) is 0 Å². The third-order valence-electron chi connectivity index (χ3n) is 3.13. The van der Waals surface area contributed by atoms with Crippen molar-refractivity contribution in [2.75, 3.05) is 19.8 Å². The zero-order valence-electron chi connectivity index (χ0n) is 13.0. The summed E-state index contributed by atoms with van der Waals surface area (Å²) in [6, 6.07) is 15.4. The molecule has 4 heteroatoms. The number of aryl methyl sites for hydroxylation is 2. The molecule has 2 rings (SSSR count). The van der Waals surface area contributed by atoms with E-state index in [4.69, 9.17) is 9.47 Å². The molecule has 0 unspecified atom stereocenters. The summed E-state index contributed by atoms with van der Waals surface area (Å²) in [6.07, 6.45) is 0. The van der Waals surface area contributed by atoms with Crippen LogP contribution < -0.4 is 14.8 Å². The Kier molecular flexibility index (Phi) is 5.83. The molecule has 0 fully saturated rings. The molecule has 2 aromatic rings. The minimum atomic E-state index is -0.156. The van der Waals surface area contributed by atoms with Crippen LogP contribution in [0.15, 0.2) is 48.5 Å². The van der Waals surface area contributed by atoms with Gasteiger partial charge in [-0.2, -0.15) is 0 Å². The second kappa shape index (κ2) is 8.08. The molecule has 2 aromatic carbocycles. The van der Waals surface area contributed by atoms with E-state index in [1.165, 1.54) is 5.56 Å². The number of para-hydroxylation sites is 1. The van der Waals surface area contributed by atoms with Crippen molar-refractivity contribution in [3.8, 4) is 11.5 Å². The van der Waals surface area contributed by atoms with Crippen LogP contribution in [-0.2, 0) is 4.79 Å². The fourth-order valence-electron chi connectivity index (χ4n) is 2.03. The Balaban J connectivity index is 1.65. The summed E-state index contributed by atoms with van der Waals surface area (Å²) in [5, 5.41) is 2.77. The van der Waals surface area contributed by atoms with Crippen LogP contribution in [0, 0.1) is 13.8 Å². The fourth-order valence-corrected chi connectivity index (χ4v) is 2.03. The van der Waals surface area contributed by atoms with E-state index in [1.54, 1.807) is 0 Å². The minimum Gasteiger partial charge on any atom is -0.492 e. The molecule has 116 valence electrons. The van der Waals surface area contributed by atoms with Gasteiger partial charge in [-0.05, 0) is 37.6 Å². The molecular formula is C18H21NO3. The zero-order chi connectivity index (χ0) is 15.8. The maximum Gasteiger partial charge on any atom is 0.258 e. The molecule has 0 aliphatic heterocycles. The molecule has 0 spiro atoms. The minimum absolute atomic E-state index is 0.00916. The highest BCUT2D eigenvalue weighted by Crippen LogP contribution is 2.18. The third kappa shape index (κ3) is 5.13. The quantitative estimate of drug-likeness (QED) is 0.800. The van der Waals surface area contributed by atoms with Crippen LogP contribution in [0.4, 0.5) is 0 Å². The van der Waals surface area contributed by atoms with E-state index in [1.807, 2.05) is 62.4 Å². The molecule has 0 radical (unpaired) electrons. The van der Waals surface area contributed by atoms with Crippen molar-refractivity contribution < 1.29 is 14.3 Å². The Bertz CT molecular complexity index is 611. The number of hydrogen-bond acceptors (Lipinski definition) is 3. The number of benzene rings is 2. The number of hydrogen-bond donors (Lipinski definition) is 1. The lowest BCUT2D eigenvalue weighted by Gasteiger charge is -2.10. The maximum absolute atomic E-state index is 11.7. The van der Waals surface area contributed by atoms with E-state index in [0.29, 0.717) is 13.2 Å². The van der Waals surface area contributed by atoms with Gasteiger partial charge in [0, 0.05) is 0 Å². The van der Waals surface area contributed by atoms with Gasteiger partial charge in [-0.1, -0.05) is 35.9 Å². The highest BCUT2D eigenvalue weighted by molar-refractivity contribution is 5.77. The molecule has 4 nitrogen and oxygen atoms in total. The van der Waals surface area contributed by atoms with Crippen LogP contribution in [0.2, 0.25) is 0 Å². The Morgan fingerprint density at radius 3 is 2.55 bits per heavy atom. The predicted octanol–water partition coefficient (Wildman–Crippen LogP) is 2.88. The molecular weight excluding hydrogens is 278 g/mol. The van der Waals surface area contributed by atoms with Gasteiger partial charge >= 0.3 is 0 Å². The van der Waals surface area contributed by atoms with Crippen molar-refractivity contribution in [1.29, 1.82) is 0 Å². The lowest BCUT2D eigenvalue weighted by atomic mass is 10.1. The van der Waals surface area contributed by atoms with Crippen molar-refractivity contribution in [2.45, 2.75) is 13.8 Å². The number of nitrogens with one attached hydrogen (secondary N) is 1. The number of rotatable bonds is 7. The van der Waals surface area contributed by atoms with Gasteiger partial charge in [0.05, 0.1) is 6.54 Å². The summed E-state index contributed by atoms with van der Waals surface area (Å²) < 4.78 is 11.0. The topological polar surface area (TPSA) is 47.6 Å². The van der Waals surface area contributed by atoms with Crippen LogP contribution in [0.25, 0.3) is 0 Å². The highest BCUT2D eigenvalue weighted by atomic mass is 16.5. The van der Waals surface area contributed by atoms with Gasteiger partial charge in [0.25, 0.3) is 5.91 Å². The van der Waals surface area contributed by atoms with Crippen molar-refractivity contribution in [3.05, 3.63) is 59.7 Å². The largest absolute Gasteiger partial charge is 0.492 e. The third-order valence-corrected chi connectivity index (χ3v) is 3.13. The molecule has 0 bridgehead atoms. The number of carbonyl (C=O) groups excluding carboxylic acids is 1. The first-order chi connectivity index (χ1) is 10.6. The first kappa shape index (κ1) is 15.9. The second-order valence-corrected chi connectivity index (χ2v) is 5.07. The summed E-state index contributed by atoms with van der Waals surface area (Å²) in [4.78, 5) is 11.7. The average Bonchev–Trinajstić information content (AvgIpc) is 2.52. The summed E-state index contributed by atoms with van der Waals surface area (Å²) in [5.74, 6) is 1.38. The standard InChI is InChI=1S/C18H21NO3/c1-14-8-9-17(15(2)12-14)22-13-18(20)19-10-11-21-16-6-4-3-5-7-16/h3-9,12H,10-11,13H2,1-2H3,(H,19,20). The SMILES string of the molecule is Cc1ccc(OCC(=O)NCCOc2ccccc2)c(C)c1. The van der Waals surface area contributed by atoms with Gasteiger partial charge in [0.2, 0.25) is 0 Å². The van der Waals surface area contributed by atoms with Crippen molar-refractivity contribution in [2.24, 2.45) is 0 Å². The van der Waals surface area contributed by atoms with Crippen molar-refractivity contribution >= 4 is 5.91 Å². The smallest absolute Gasteiger partial charge is 0.258 e. The Morgan fingerprint density at radius 2 is 1.82 bits per heavy atom. The molecule has 0 aliphatic carbocycles. The molecule has 0 heterocycles. The number of carbonyl (C=O) groups is 1. The van der Waals surface area contributed by atoms with Gasteiger partial charge in [-0.25, -0.2) is 0 Å². The van der Waals surface area contributed by atoms with Gasteiger partial charge in [-0.15, -0.1) is 0 Å². The second-order valence-electron chi connectivity index (χ2n) is 5.07. The van der Waals surface area contributed by atoms with Crippen molar-refractivity contribution in [1.82, 2.24) is 5.32 Å². The normalized spacial score (nSPS) is 10.1.